The van der Waals surface area contributed by atoms with Crippen molar-refractivity contribution in [1.82, 2.24) is 4.90 Å². The Morgan fingerprint density at radius 1 is 1.35 bits per heavy atom. The number of anilines is 1. The third-order valence-corrected chi connectivity index (χ3v) is 5.85. The van der Waals surface area contributed by atoms with Gasteiger partial charge >= 0.3 is 0 Å². The van der Waals surface area contributed by atoms with E-state index in [0.717, 1.165) is 17.7 Å². The van der Waals surface area contributed by atoms with Crippen molar-refractivity contribution in [3.63, 3.8) is 0 Å². The maximum Gasteiger partial charge on any atom is 0.264 e. The molecule has 0 saturated carbocycles. The molecular weight excluding hydrogens is 348 g/mol. The number of thiophene rings is 1. The maximum atomic E-state index is 12.7. The fraction of sp³-hybridized carbons (Fsp3) is 0.400. The van der Waals surface area contributed by atoms with E-state index in [1.165, 1.54) is 21.8 Å². The van der Waals surface area contributed by atoms with Gasteiger partial charge in [-0.05, 0) is 48.9 Å². The lowest BCUT2D eigenvalue weighted by Crippen LogP contribution is -2.34. The quantitative estimate of drug-likeness (QED) is 0.872. The van der Waals surface area contributed by atoms with E-state index in [-0.39, 0.29) is 18.4 Å². The molecule has 1 aromatic heterocycles. The standard InChI is InChI=1S/C20H24N2O3S/c1-13-7-8-17-14(9-13)10-18(26-17)20(24)22(2)12-19(23)21-15-5-4-6-16(11-15)25-3/h4-6,10-11,13H,7-9,12H2,1-3H3,(H,21,23)/t13-/m1/s1. The highest BCUT2D eigenvalue weighted by Crippen LogP contribution is 2.32. The Labute approximate surface area is 158 Å². The van der Waals surface area contributed by atoms with Gasteiger partial charge in [-0.25, -0.2) is 0 Å². The SMILES string of the molecule is COc1cccc(NC(=O)CN(C)C(=O)c2cc3c(s2)CC[C@@H](C)C3)c1. The second-order valence-corrected chi connectivity index (χ2v) is 7.99. The summed E-state index contributed by atoms with van der Waals surface area (Å²) < 4.78 is 5.15. The number of methoxy groups -OCH3 is 1. The third-order valence-electron chi connectivity index (χ3n) is 4.62. The van der Waals surface area contributed by atoms with E-state index in [9.17, 15) is 9.59 Å². The van der Waals surface area contributed by atoms with Gasteiger partial charge in [0.1, 0.15) is 5.75 Å². The molecule has 0 unspecified atom stereocenters. The fourth-order valence-electron chi connectivity index (χ4n) is 3.19. The topological polar surface area (TPSA) is 58.6 Å². The Morgan fingerprint density at radius 2 is 2.15 bits per heavy atom. The highest BCUT2D eigenvalue weighted by Gasteiger charge is 2.23. The van der Waals surface area contributed by atoms with E-state index in [4.69, 9.17) is 4.74 Å². The Bertz CT molecular complexity index is 815. The lowest BCUT2D eigenvalue weighted by atomic mass is 9.90. The zero-order valence-electron chi connectivity index (χ0n) is 15.4. The maximum absolute atomic E-state index is 12.7. The van der Waals surface area contributed by atoms with Crippen molar-refractivity contribution in [2.45, 2.75) is 26.2 Å². The Kier molecular flexibility index (Phi) is 5.61. The van der Waals surface area contributed by atoms with Crippen LogP contribution in [-0.2, 0) is 17.6 Å². The Hall–Kier alpha value is -2.34. The lowest BCUT2D eigenvalue weighted by Gasteiger charge is -2.16. The molecule has 3 rings (SSSR count). The summed E-state index contributed by atoms with van der Waals surface area (Å²) in [6.45, 7) is 2.26. The first-order valence-electron chi connectivity index (χ1n) is 8.77. The molecule has 1 aliphatic rings. The van der Waals surface area contributed by atoms with Crippen LogP contribution in [-0.4, -0.2) is 37.4 Å². The van der Waals surface area contributed by atoms with Gasteiger partial charge in [-0.3, -0.25) is 9.59 Å². The van der Waals surface area contributed by atoms with Crippen LogP contribution >= 0.6 is 11.3 Å². The average Bonchev–Trinajstić information content (AvgIpc) is 3.04. The number of hydrogen-bond acceptors (Lipinski definition) is 4. The number of fused-ring (bicyclic) bond motifs is 1. The molecule has 6 heteroatoms. The van der Waals surface area contributed by atoms with Crippen LogP contribution in [0.2, 0.25) is 0 Å². The molecule has 0 bridgehead atoms. The zero-order valence-corrected chi connectivity index (χ0v) is 16.2. The summed E-state index contributed by atoms with van der Waals surface area (Å²) in [5.74, 6) is 1.01. The molecule has 1 N–H and O–H groups in total. The normalized spacial score (nSPS) is 15.9. The van der Waals surface area contributed by atoms with Crippen molar-refractivity contribution in [3.8, 4) is 5.75 Å². The first-order valence-corrected chi connectivity index (χ1v) is 9.59. The number of hydrogen-bond donors (Lipinski definition) is 1. The zero-order chi connectivity index (χ0) is 18.7. The smallest absolute Gasteiger partial charge is 0.264 e. The number of likely N-dealkylation sites (N-methyl/N-ethyl adjacent to an activating group) is 1. The predicted octanol–water partition coefficient (Wildman–Crippen LogP) is 3.59. The van der Waals surface area contributed by atoms with Crippen LogP contribution in [0.4, 0.5) is 5.69 Å². The minimum absolute atomic E-state index is 0.00894. The van der Waals surface area contributed by atoms with Gasteiger partial charge in [0.05, 0.1) is 18.5 Å². The van der Waals surface area contributed by atoms with Gasteiger partial charge in [-0.1, -0.05) is 13.0 Å². The second kappa shape index (κ2) is 7.91. The average molecular weight is 372 g/mol. The van der Waals surface area contributed by atoms with Crippen LogP contribution in [0, 0.1) is 5.92 Å². The molecule has 1 atom stereocenters. The minimum Gasteiger partial charge on any atom is -0.497 e. The van der Waals surface area contributed by atoms with E-state index >= 15 is 0 Å². The first-order chi connectivity index (χ1) is 12.5. The summed E-state index contributed by atoms with van der Waals surface area (Å²) in [5.41, 5.74) is 1.95. The number of carbonyl (C=O) groups excluding carboxylic acids is 2. The number of benzene rings is 1. The molecule has 0 saturated heterocycles. The van der Waals surface area contributed by atoms with Crippen LogP contribution < -0.4 is 10.1 Å². The molecule has 1 heterocycles. The van der Waals surface area contributed by atoms with Crippen molar-refractivity contribution in [2.24, 2.45) is 5.92 Å². The molecule has 0 radical (unpaired) electrons. The Morgan fingerprint density at radius 3 is 2.92 bits per heavy atom. The fourth-order valence-corrected chi connectivity index (χ4v) is 4.39. The summed E-state index contributed by atoms with van der Waals surface area (Å²) in [6.07, 6.45) is 3.27. The largest absolute Gasteiger partial charge is 0.497 e. The number of amides is 2. The van der Waals surface area contributed by atoms with E-state index < -0.39 is 0 Å². The number of rotatable bonds is 5. The highest BCUT2D eigenvalue weighted by molar-refractivity contribution is 7.14. The monoisotopic (exact) mass is 372 g/mol. The van der Waals surface area contributed by atoms with Gasteiger partial charge in [0.15, 0.2) is 0 Å². The van der Waals surface area contributed by atoms with E-state index in [2.05, 4.69) is 12.2 Å². The van der Waals surface area contributed by atoms with Crippen molar-refractivity contribution >= 4 is 28.8 Å². The van der Waals surface area contributed by atoms with Gasteiger partial charge < -0.3 is 15.0 Å². The highest BCUT2D eigenvalue weighted by atomic mass is 32.1. The number of aryl methyl sites for hydroxylation is 1. The third kappa shape index (κ3) is 4.25. The van der Waals surface area contributed by atoms with Gasteiger partial charge in [0.2, 0.25) is 5.91 Å². The number of nitrogens with one attached hydrogen (secondary N) is 1. The molecule has 1 aliphatic carbocycles. The van der Waals surface area contributed by atoms with Crippen LogP contribution in [0.15, 0.2) is 30.3 Å². The van der Waals surface area contributed by atoms with Crippen molar-refractivity contribution in [3.05, 3.63) is 45.6 Å². The van der Waals surface area contributed by atoms with Gasteiger partial charge in [0.25, 0.3) is 5.91 Å². The van der Waals surface area contributed by atoms with E-state index in [0.29, 0.717) is 17.4 Å². The molecule has 1 aromatic carbocycles. The van der Waals surface area contributed by atoms with Crippen LogP contribution in [0.1, 0.15) is 33.5 Å². The van der Waals surface area contributed by atoms with Gasteiger partial charge in [-0.2, -0.15) is 0 Å². The molecule has 2 aromatic rings. The molecule has 0 fully saturated rings. The Balaban J connectivity index is 1.61. The summed E-state index contributed by atoms with van der Waals surface area (Å²) in [5, 5.41) is 2.80. The summed E-state index contributed by atoms with van der Waals surface area (Å²) in [6, 6.07) is 9.16. The minimum atomic E-state index is -0.232. The van der Waals surface area contributed by atoms with Gasteiger partial charge in [-0.15, -0.1) is 11.3 Å². The summed E-state index contributed by atoms with van der Waals surface area (Å²) in [7, 11) is 3.24. The summed E-state index contributed by atoms with van der Waals surface area (Å²) in [4.78, 5) is 28.4. The molecule has 0 spiro atoms. The van der Waals surface area contributed by atoms with E-state index in [1.807, 2.05) is 12.1 Å². The van der Waals surface area contributed by atoms with Crippen LogP contribution in [0.25, 0.3) is 0 Å². The molecule has 2 amide bonds. The van der Waals surface area contributed by atoms with Crippen molar-refractivity contribution < 1.29 is 14.3 Å². The molecule has 26 heavy (non-hydrogen) atoms. The summed E-state index contributed by atoms with van der Waals surface area (Å²) >= 11 is 1.57. The molecule has 5 nitrogen and oxygen atoms in total. The first kappa shape index (κ1) is 18.5. The predicted molar refractivity (Wildman–Crippen MR) is 104 cm³/mol. The molecular formula is C20H24N2O3S. The lowest BCUT2D eigenvalue weighted by molar-refractivity contribution is -0.116. The van der Waals surface area contributed by atoms with Crippen molar-refractivity contribution in [1.29, 1.82) is 0 Å². The van der Waals surface area contributed by atoms with Crippen LogP contribution in [0.3, 0.4) is 0 Å². The number of nitrogens with zero attached hydrogens (tertiary/aromatic N) is 1. The van der Waals surface area contributed by atoms with Crippen molar-refractivity contribution in [2.75, 3.05) is 26.0 Å². The molecule has 0 aliphatic heterocycles. The molecule has 138 valence electrons. The number of ether oxygens (including phenoxy) is 1. The van der Waals surface area contributed by atoms with E-state index in [1.54, 1.807) is 43.7 Å². The van der Waals surface area contributed by atoms with Gasteiger partial charge in [0, 0.05) is 23.7 Å². The van der Waals surface area contributed by atoms with Crippen LogP contribution in [0.5, 0.6) is 5.75 Å². The number of carbonyl (C=O) groups is 2. The second-order valence-electron chi connectivity index (χ2n) is 6.85.